The van der Waals surface area contributed by atoms with E-state index >= 15 is 0 Å². The summed E-state index contributed by atoms with van der Waals surface area (Å²) in [5.74, 6) is 0.107. The van der Waals surface area contributed by atoms with Gasteiger partial charge in [0.2, 0.25) is 5.91 Å². The number of amides is 1. The molecular formula is C12H20N2OS. The van der Waals surface area contributed by atoms with Crippen molar-refractivity contribution in [3.8, 4) is 0 Å². The molecule has 1 aromatic heterocycles. The Morgan fingerprint density at radius 1 is 1.56 bits per heavy atom. The Kier molecular flexibility index (Phi) is 4.96. The number of carbonyl (C=O) groups is 1. The van der Waals surface area contributed by atoms with Crippen LogP contribution in [0.25, 0.3) is 0 Å². The standard InChI is InChI=1S/C12H20N2OS/c1-4-9(10-6-5-7-16-10)14-12(15)11(13)8(2)3/h5-9,11H,4,13H2,1-3H3,(H,14,15). The number of rotatable bonds is 5. The van der Waals surface area contributed by atoms with Gasteiger partial charge in [-0.15, -0.1) is 11.3 Å². The van der Waals surface area contributed by atoms with Crippen molar-refractivity contribution >= 4 is 17.2 Å². The maximum atomic E-state index is 11.8. The fourth-order valence-corrected chi connectivity index (χ4v) is 2.30. The molecule has 0 aliphatic heterocycles. The molecule has 3 nitrogen and oxygen atoms in total. The summed E-state index contributed by atoms with van der Waals surface area (Å²) in [6, 6.07) is 3.71. The van der Waals surface area contributed by atoms with Crippen molar-refractivity contribution in [2.24, 2.45) is 11.7 Å². The van der Waals surface area contributed by atoms with E-state index in [2.05, 4.69) is 12.2 Å². The molecule has 1 heterocycles. The van der Waals surface area contributed by atoms with Gasteiger partial charge in [-0.3, -0.25) is 4.79 Å². The van der Waals surface area contributed by atoms with Crippen molar-refractivity contribution in [3.63, 3.8) is 0 Å². The molecule has 3 N–H and O–H groups in total. The molecule has 16 heavy (non-hydrogen) atoms. The van der Waals surface area contributed by atoms with Crippen molar-refractivity contribution in [1.29, 1.82) is 0 Å². The predicted octanol–water partition coefficient (Wildman–Crippen LogP) is 2.30. The van der Waals surface area contributed by atoms with Crippen LogP contribution in [0.5, 0.6) is 0 Å². The van der Waals surface area contributed by atoms with E-state index in [1.807, 2.05) is 31.4 Å². The molecule has 0 aliphatic rings. The second-order valence-electron chi connectivity index (χ2n) is 4.25. The Balaban J connectivity index is 2.61. The lowest BCUT2D eigenvalue weighted by Crippen LogP contribution is -2.45. The minimum atomic E-state index is -0.422. The summed E-state index contributed by atoms with van der Waals surface area (Å²) in [6.07, 6.45) is 0.886. The molecule has 1 rings (SSSR count). The zero-order valence-corrected chi connectivity index (χ0v) is 10.9. The highest BCUT2D eigenvalue weighted by molar-refractivity contribution is 7.10. The van der Waals surface area contributed by atoms with Crippen molar-refractivity contribution < 1.29 is 4.79 Å². The molecule has 2 unspecified atom stereocenters. The summed E-state index contributed by atoms with van der Waals surface area (Å²) in [7, 11) is 0. The molecule has 1 amide bonds. The molecule has 0 saturated carbocycles. The zero-order chi connectivity index (χ0) is 12.1. The van der Waals surface area contributed by atoms with Gasteiger partial charge < -0.3 is 11.1 Å². The first-order valence-corrected chi connectivity index (χ1v) is 6.53. The second-order valence-corrected chi connectivity index (χ2v) is 5.23. The van der Waals surface area contributed by atoms with Crippen LogP contribution in [0.1, 0.15) is 38.1 Å². The lowest BCUT2D eigenvalue weighted by Gasteiger charge is -2.20. The first-order chi connectivity index (χ1) is 7.56. The van der Waals surface area contributed by atoms with Gasteiger partial charge in [-0.25, -0.2) is 0 Å². The molecule has 0 aliphatic carbocycles. The molecule has 90 valence electrons. The van der Waals surface area contributed by atoms with E-state index in [-0.39, 0.29) is 17.9 Å². The van der Waals surface area contributed by atoms with E-state index in [4.69, 9.17) is 5.73 Å². The van der Waals surface area contributed by atoms with Gasteiger partial charge in [-0.2, -0.15) is 0 Å². The Morgan fingerprint density at radius 2 is 2.25 bits per heavy atom. The van der Waals surface area contributed by atoms with Crippen molar-refractivity contribution in [1.82, 2.24) is 5.32 Å². The van der Waals surface area contributed by atoms with Crippen LogP contribution in [0.15, 0.2) is 17.5 Å². The van der Waals surface area contributed by atoms with Crippen molar-refractivity contribution in [2.45, 2.75) is 39.3 Å². The molecule has 4 heteroatoms. The summed E-state index contributed by atoms with van der Waals surface area (Å²) < 4.78 is 0. The van der Waals surface area contributed by atoms with E-state index in [0.717, 1.165) is 6.42 Å². The van der Waals surface area contributed by atoms with Crippen LogP contribution in [-0.2, 0) is 4.79 Å². The monoisotopic (exact) mass is 240 g/mol. The van der Waals surface area contributed by atoms with Crippen molar-refractivity contribution in [2.75, 3.05) is 0 Å². The van der Waals surface area contributed by atoms with Gasteiger partial charge in [-0.1, -0.05) is 26.8 Å². The maximum absolute atomic E-state index is 11.8. The molecule has 2 atom stereocenters. The predicted molar refractivity (Wildman–Crippen MR) is 68.3 cm³/mol. The summed E-state index contributed by atoms with van der Waals surface area (Å²) in [6.45, 7) is 5.97. The highest BCUT2D eigenvalue weighted by Crippen LogP contribution is 2.21. The normalized spacial score (nSPS) is 14.8. The lowest BCUT2D eigenvalue weighted by molar-refractivity contribution is -0.124. The fourth-order valence-electron chi connectivity index (χ4n) is 1.43. The average Bonchev–Trinajstić information content (AvgIpc) is 2.77. The first-order valence-electron chi connectivity index (χ1n) is 5.65. The molecular weight excluding hydrogens is 220 g/mol. The second kappa shape index (κ2) is 6.01. The van der Waals surface area contributed by atoms with E-state index < -0.39 is 6.04 Å². The van der Waals surface area contributed by atoms with Crippen LogP contribution >= 0.6 is 11.3 Å². The van der Waals surface area contributed by atoms with E-state index in [1.165, 1.54) is 4.88 Å². The quantitative estimate of drug-likeness (QED) is 0.829. The molecule has 0 saturated heterocycles. The van der Waals surface area contributed by atoms with Crippen molar-refractivity contribution in [3.05, 3.63) is 22.4 Å². The van der Waals surface area contributed by atoms with Gasteiger partial charge in [0.25, 0.3) is 0 Å². The highest BCUT2D eigenvalue weighted by Gasteiger charge is 2.20. The van der Waals surface area contributed by atoms with E-state index in [1.54, 1.807) is 11.3 Å². The van der Waals surface area contributed by atoms with E-state index in [9.17, 15) is 4.79 Å². The zero-order valence-electron chi connectivity index (χ0n) is 10.1. The Bertz CT molecular complexity index is 322. The lowest BCUT2D eigenvalue weighted by atomic mass is 10.0. The van der Waals surface area contributed by atoms with Gasteiger partial charge >= 0.3 is 0 Å². The van der Waals surface area contributed by atoms with Crippen LogP contribution in [0.4, 0.5) is 0 Å². The summed E-state index contributed by atoms with van der Waals surface area (Å²) in [4.78, 5) is 13.0. The van der Waals surface area contributed by atoms with Gasteiger partial charge in [0.15, 0.2) is 0 Å². The smallest absolute Gasteiger partial charge is 0.237 e. The van der Waals surface area contributed by atoms with Gasteiger partial charge in [0.1, 0.15) is 0 Å². The molecule has 0 radical (unpaired) electrons. The average molecular weight is 240 g/mol. The van der Waals surface area contributed by atoms with Crippen LogP contribution in [0.3, 0.4) is 0 Å². The summed E-state index contributed by atoms with van der Waals surface area (Å²) in [5, 5.41) is 5.02. The Morgan fingerprint density at radius 3 is 2.69 bits per heavy atom. The maximum Gasteiger partial charge on any atom is 0.237 e. The molecule has 0 aromatic carbocycles. The van der Waals surface area contributed by atoms with Crippen LogP contribution in [0, 0.1) is 5.92 Å². The number of thiophene rings is 1. The number of hydrogen-bond donors (Lipinski definition) is 2. The molecule has 0 spiro atoms. The first kappa shape index (κ1) is 13.2. The number of nitrogens with two attached hydrogens (primary N) is 1. The van der Waals surface area contributed by atoms with Crippen LogP contribution in [-0.4, -0.2) is 11.9 Å². The van der Waals surface area contributed by atoms with Crippen LogP contribution < -0.4 is 11.1 Å². The third-order valence-corrected chi connectivity index (χ3v) is 3.62. The fraction of sp³-hybridized carbons (Fsp3) is 0.583. The third-order valence-electron chi connectivity index (χ3n) is 2.63. The van der Waals surface area contributed by atoms with Gasteiger partial charge in [0.05, 0.1) is 12.1 Å². The number of nitrogens with one attached hydrogen (secondary N) is 1. The highest BCUT2D eigenvalue weighted by atomic mass is 32.1. The summed E-state index contributed by atoms with van der Waals surface area (Å²) >= 11 is 1.66. The number of hydrogen-bond acceptors (Lipinski definition) is 3. The molecule has 0 bridgehead atoms. The molecule has 0 fully saturated rings. The number of carbonyl (C=O) groups excluding carboxylic acids is 1. The minimum absolute atomic E-state index is 0.0600. The van der Waals surface area contributed by atoms with Crippen LogP contribution in [0.2, 0.25) is 0 Å². The van der Waals surface area contributed by atoms with Gasteiger partial charge in [0, 0.05) is 4.88 Å². The topological polar surface area (TPSA) is 55.1 Å². The SMILES string of the molecule is CCC(NC(=O)C(N)C(C)C)c1cccs1. The Hall–Kier alpha value is -0.870. The largest absolute Gasteiger partial charge is 0.347 e. The molecule has 1 aromatic rings. The Labute approximate surface area is 101 Å². The van der Waals surface area contributed by atoms with Gasteiger partial charge in [-0.05, 0) is 23.8 Å². The third kappa shape index (κ3) is 3.32. The summed E-state index contributed by atoms with van der Waals surface area (Å²) in [5.41, 5.74) is 5.81. The minimum Gasteiger partial charge on any atom is -0.347 e. The van der Waals surface area contributed by atoms with E-state index in [0.29, 0.717) is 0 Å².